The normalized spacial score (nSPS) is 16.0. The Morgan fingerprint density at radius 2 is 1.56 bits per heavy atom. The van der Waals surface area contributed by atoms with E-state index in [9.17, 15) is 0 Å². The first-order valence-electron chi connectivity index (χ1n) is 8.58. The topological polar surface area (TPSA) is 24.9 Å². The standard InChI is InChI=1S/C20H25ClN2O2/c1-24-19-8-4-6-17(20(19)25-2)15-23-11-9-22(10-12-23)14-16-5-3-7-18(21)13-16/h3-8,13H,9-12,14-15H2,1-2H3. The number of para-hydroxylation sites is 1. The van der Waals surface area contributed by atoms with Crippen molar-refractivity contribution in [2.24, 2.45) is 0 Å². The van der Waals surface area contributed by atoms with E-state index < -0.39 is 0 Å². The summed E-state index contributed by atoms with van der Waals surface area (Å²) in [5.41, 5.74) is 2.44. The zero-order valence-corrected chi connectivity index (χ0v) is 15.6. The third kappa shape index (κ3) is 4.66. The van der Waals surface area contributed by atoms with Gasteiger partial charge in [0, 0.05) is 49.9 Å². The number of rotatable bonds is 6. The van der Waals surface area contributed by atoms with Crippen LogP contribution in [0, 0.1) is 0 Å². The van der Waals surface area contributed by atoms with Crippen LogP contribution in [0.2, 0.25) is 5.02 Å². The van der Waals surface area contributed by atoms with Gasteiger partial charge >= 0.3 is 0 Å². The van der Waals surface area contributed by atoms with Gasteiger partial charge in [0.25, 0.3) is 0 Å². The molecule has 0 spiro atoms. The first-order chi connectivity index (χ1) is 12.2. The van der Waals surface area contributed by atoms with E-state index in [1.54, 1.807) is 14.2 Å². The largest absolute Gasteiger partial charge is 0.493 e. The number of nitrogens with zero attached hydrogens (tertiary/aromatic N) is 2. The second-order valence-corrected chi connectivity index (χ2v) is 6.77. The van der Waals surface area contributed by atoms with Crippen molar-refractivity contribution >= 4 is 11.6 Å². The van der Waals surface area contributed by atoms with Gasteiger partial charge < -0.3 is 9.47 Å². The van der Waals surface area contributed by atoms with Gasteiger partial charge in [-0.1, -0.05) is 35.9 Å². The van der Waals surface area contributed by atoms with Crippen LogP contribution in [0.3, 0.4) is 0 Å². The lowest BCUT2D eigenvalue weighted by Crippen LogP contribution is -2.45. The molecule has 1 saturated heterocycles. The van der Waals surface area contributed by atoms with Crippen LogP contribution in [0.1, 0.15) is 11.1 Å². The SMILES string of the molecule is COc1cccc(CN2CCN(Cc3cccc(Cl)c3)CC2)c1OC. The molecule has 1 aliphatic heterocycles. The van der Waals surface area contributed by atoms with Crippen molar-refractivity contribution in [1.82, 2.24) is 9.80 Å². The number of halogens is 1. The van der Waals surface area contributed by atoms with Gasteiger partial charge in [0.15, 0.2) is 11.5 Å². The average molecular weight is 361 g/mol. The summed E-state index contributed by atoms with van der Waals surface area (Å²) in [4.78, 5) is 4.94. The molecule has 0 atom stereocenters. The molecule has 2 aromatic rings. The summed E-state index contributed by atoms with van der Waals surface area (Å²) in [5, 5.41) is 0.807. The Bertz CT molecular complexity index is 700. The zero-order chi connectivity index (χ0) is 17.6. The molecule has 1 heterocycles. The van der Waals surface area contributed by atoms with Crippen LogP contribution in [0.15, 0.2) is 42.5 Å². The zero-order valence-electron chi connectivity index (χ0n) is 14.9. The lowest BCUT2D eigenvalue weighted by atomic mass is 10.1. The highest BCUT2D eigenvalue weighted by molar-refractivity contribution is 6.30. The smallest absolute Gasteiger partial charge is 0.165 e. The van der Waals surface area contributed by atoms with Gasteiger partial charge in [0.05, 0.1) is 14.2 Å². The van der Waals surface area contributed by atoms with E-state index >= 15 is 0 Å². The maximum Gasteiger partial charge on any atom is 0.165 e. The fourth-order valence-electron chi connectivity index (χ4n) is 3.32. The van der Waals surface area contributed by atoms with E-state index in [0.29, 0.717) is 0 Å². The van der Waals surface area contributed by atoms with Crippen LogP contribution in [0.4, 0.5) is 0 Å². The molecule has 1 fully saturated rings. The molecule has 134 valence electrons. The molecule has 4 nitrogen and oxygen atoms in total. The Kier molecular flexibility index (Phi) is 6.19. The summed E-state index contributed by atoms with van der Waals surface area (Å²) in [7, 11) is 3.38. The lowest BCUT2D eigenvalue weighted by Gasteiger charge is -2.35. The van der Waals surface area contributed by atoms with E-state index in [4.69, 9.17) is 21.1 Å². The molecule has 25 heavy (non-hydrogen) atoms. The van der Waals surface area contributed by atoms with Crippen LogP contribution < -0.4 is 9.47 Å². The van der Waals surface area contributed by atoms with Gasteiger partial charge in [-0.05, 0) is 23.8 Å². The van der Waals surface area contributed by atoms with Crippen LogP contribution in [-0.2, 0) is 13.1 Å². The summed E-state index contributed by atoms with van der Waals surface area (Å²) in [6.07, 6.45) is 0. The van der Waals surface area contributed by atoms with Crippen LogP contribution in [-0.4, -0.2) is 50.2 Å². The molecule has 0 aromatic heterocycles. The number of hydrogen-bond donors (Lipinski definition) is 0. The number of benzene rings is 2. The molecule has 0 N–H and O–H groups in total. The van der Waals surface area contributed by atoms with Gasteiger partial charge in [-0.15, -0.1) is 0 Å². The van der Waals surface area contributed by atoms with Crippen molar-refractivity contribution in [2.75, 3.05) is 40.4 Å². The summed E-state index contributed by atoms with van der Waals surface area (Å²) >= 11 is 6.08. The fourth-order valence-corrected chi connectivity index (χ4v) is 3.53. The molecule has 1 aliphatic rings. The number of ether oxygens (including phenoxy) is 2. The van der Waals surface area contributed by atoms with Crippen molar-refractivity contribution in [2.45, 2.75) is 13.1 Å². The number of methoxy groups -OCH3 is 2. The second-order valence-electron chi connectivity index (χ2n) is 6.33. The highest BCUT2D eigenvalue weighted by Crippen LogP contribution is 2.31. The van der Waals surface area contributed by atoms with Crippen LogP contribution in [0.5, 0.6) is 11.5 Å². The first-order valence-corrected chi connectivity index (χ1v) is 8.96. The molecule has 0 unspecified atom stereocenters. The summed E-state index contributed by atoms with van der Waals surface area (Å²) < 4.78 is 10.9. The van der Waals surface area contributed by atoms with E-state index in [1.807, 2.05) is 24.3 Å². The quantitative estimate of drug-likeness (QED) is 0.784. The molecule has 3 rings (SSSR count). The molecule has 5 heteroatoms. The van der Waals surface area contributed by atoms with Crippen molar-refractivity contribution < 1.29 is 9.47 Å². The van der Waals surface area contributed by atoms with E-state index in [0.717, 1.165) is 55.8 Å². The minimum absolute atomic E-state index is 0.791. The van der Waals surface area contributed by atoms with Crippen molar-refractivity contribution in [3.8, 4) is 11.5 Å². The Balaban J connectivity index is 1.56. The average Bonchev–Trinajstić information content (AvgIpc) is 2.63. The Morgan fingerprint density at radius 3 is 2.20 bits per heavy atom. The third-order valence-electron chi connectivity index (χ3n) is 4.64. The predicted molar refractivity (Wildman–Crippen MR) is 102 cm³/mol. The molecule has 0 radical (unpaired) electrons. The monoisotopic (exact) mass is 360 g/mol. The molecular formula is C20H25ClN2O2. The molecule has 2 aromatic carbocycles. The minimum atomic E-state index is 0.791. The highest BCUT2D eigenvalue weighted by Gasteiger charge is 2.19. The summed E-state index contributed by atoms with van der Waals surface area (Å²) in [6.45, 7) is 6.03. The van der Waals surface area contributed by atoms with Gasteiger partial charge in [0.1, 0.15) is 0 Å². The Morgan fingerprint density at radius 1 is 0.880 bits per heavy atom. The van der Waals surface area contributed by atoms with Crippen molar-refractivity contribution in [1.29, 1.82) is 0 Å². The maximum atomic E-state index is 6.08. The predicted octanol–water partition coefficient (Wildman–Crippen LogP) is 3.68. The van der Waals surface area contributed by atoms with Gasteiger partial charge in [-0.25, -0.2) is 0 Å². The third-order valence-corrected chi connectivity index (χ3v) is 4.87. The first kappa shape index (κ1) is 18.1. The van der Waals surface area contributed by atoms with E-state index in [-0.39, 0.29) is 0 Å². The Hall–Kier alpha value is -1.75. The van der Waals surface area contributed by atoms with E-state index in [1.165, 1.54) is 11.1 Å². The highest BCUT2D eigenvalue weighted by atomic mass is 35.5. The van der Waals surface area contributed by atoms with Crippen molar-refractivity contribution in [3.05, 3.63) is 58.6 Å². The molecule has 0 aliphatic carbocycles. The van der Waals surface area contributed by atoms with Crippen LogP contribution >= 0.6 is 11.6 Å². The molecule has 0 bridgehead atoms. The second kappa shape index (κ2) is 8.56. The van der Waals surface area contributed by atoms with Gasteiger partial charge in [-0.2, -0.15) is 0 Å². The molecular weight excluding hydrogens is 336 g/mol. The summed E-state index contributed by atoms with van der Waals surface area (Å²) in [6, 6.07) is 14.2. The molecule has 0 amide bonds. The molecule has 0 saturated carbocycles. The van der Waals surface area contributed by atoms with Gasteiger partial charge in [-0.3, -0.25) is 9.80 Å². The van der Waals surface area contributed by atoms with E-state index in [2.05, 4.69) is 28.0 Å². The lowest BCUT2D eigenvalue weighted by molar-refractivity contribution is 0.121. The van der Waals surface area contributed by atoms with Crippen LogP contribution in [0.25, 0.3) is 0 Å². The maximum absolute atomic E-state index is 6.08. The van der Waals surface area contributed by atoms with Gasteiger partial charge in [0.2, 0.25) is 0 Å². The van der Waals surface area contributed by atoms with Crippen molar-refractivity contribution in [3.63, 3.8) is 0 Å². The summed E-state index contributed by atoms with van der Waals surface area (Å²) in [5.74, 6) is 1.63. The number of piperazine rings is 1. The number of hydrogen-bond acceptors (Lipinski definition) is 4. The fraction of sp³-hybridized carbons (Fsp3) is 0.400. The minimum Gasteiger partial charge on any atom is -0.493 e. The Labute approximate surface area is 154 Å².